The van der Waals surface area contributed by atoms with Crippen molar-refractivity contribution in [3.63, 3.8) is 0 Å². The first kappa shape index (κ1) is 15.7. The van der Waals surface area contributed by atoms with Gasteiger partial charge >= 0.3 is 5.97 Å². The molecule has 0 aliphatic carbocycles. The molecular formula is C14H18BrNO3. The number of carbonyl (C=O) groups excluding carboxylic acids is 1. The van der Waals surface area contributed by atoms with Crippen molar-refractivity contribution < 1.29 is 14.7 Å². The van der Waals surface area contributed by atoms with Crippen molar-refractivity contribution in [1.29, 1.82) is 0 Å². The SMILES string of the molecule is CC(CCC(=O)O)CNC(=O)Cc1ccc(Br)cc1. The molecule has 4 nitrogen and oxygen atoms in total. The van der Waals surface area contributed by atoms with Crippen LogP contribution < -0.4 is 5.32 Å². The Morgan fingerprint density at radius 2 is 1.95 bits per heavy atom. The minimum Gasteiger partial charge on any atom is -0.481 e. The highest BCUT2D eigenvalue weighted by molar-refractivity contribution is 9.10. The predicted octanol–water partition coefficient (Wildman–Crippen LogP) is 2.61. The molecular weight excluding hydrogens is 310 g/mol. The van der Waals surface area contributed by atoms with Crippen LogP contribution in [-0.4, -0.2) is 23.5 Å². The van der Waals surface area contributed by atoms with Gasteiger partial charge in [0.15, 0.2) is 0 Å². The Morgan fingerprint density at radius 1 is 1.32 bits per heavy atom. The summed E-state index contributed by atoms with van der Waals surface area (Å²) >= 11 is 3.34. The lowest BCUT2D eigenvalue weighted by atomic mass is 10.1. The maximum atomic E-state index is 11.7. The average molecular weight is 328 g/mol. The predicted molar refractivity (Wildman–Crippen MR) is 76.9 cm³/mol. The number of benzene rings is 1. The van der Waals surface area contributed by atoms with E-state index < -0.39 is 5.97 Å². The number of aliphatic carboxylic acids is 1. The molecule has 2 N–H and O–H groups in total. The molecule has 1 unspecified atom stereocenters. The standard InChI is InChI=1S/C14H18BrNO3/c1-10(2-7-14(18)19)9-16-13(17)8-11-3-5-12(15)6-4-11/h3-6,10H,2,7-9H2,1H3,(H,16,17)(H,18,19). The number of hydrogen-bond donors (Lipinski definition) is 2. The molecule has 1 aromatic carbocycles. The number of hydrogen-bond acceptors (Lipinski definition) is 2. The van der Waals surface area contributed by atoms with Crippen molar-refractivity contribution in [2.45, 2.75) is 26.2 Å². The highest BCUT2D eigenvalue weighted by Gasteiger charge is 2.08. The van der Waals surface area contributed by atoms with Gasteiger partial charge in [0.25, 0.3) is 0 Å². The molecule has 1 amide bonds. The van der Waals surface area contributed by atoms with Crippen LogP contribution in [0.4, 0.5) is 0 Å². The van der Waals surface area contributed by atoms with Crippen molar-refractivity contribution in [2.24, 2.45) is 5.92 Å². The molecule has 1 aromatic rings. The van der Waals surface area contributed by atoms with Crippen LogP contribution in [0.3, 0.4) is 0 Å². The molecule has 0 saturated heterocycles. The summed E-state index contributed by atoms with van der Waals surface area (Å²) in [5, 5.41) is 11.4. The molecule has 5 heteroatoms. The number of carboxylic acids is 1. The number of nitrogens with one attached hydrogen (secondary N) is 1. The van der Waals surface area contributed by atoms with E-state index in [1.165, 1.54) is 0 Å². The monoisotopic (exact) mass is 327 g/mol. The molecule has 104 valence electrons. The Labute approximate surface area is 121 Å². The summed E-state index contributed by atoms with van der Waals surface area (Å²) in [7, 11) is 0. The van der Waals surface area contributed by atoms with Gasteiger partial charge in [-0.25, -0.2) is 0 Å². The summed E-state index contributed by atoms with van der Waals surface area (Å²) in [4.78, 5) is 22.1. The third-order valence-electron chi connectivity index (χ3n) is 2.78. The maximum Gasteiger partial charge on any atom is 0.303 e. The molecule has 0 spiro atoms. The van der Waals surface area contributed by atoms with E-state index in [4.69, 9.17) is 5.11 Å². The molecule has 0 bridgehead atoms. The van der Waals surface area contributed by atoms with Gasteiger partial charge in [0.05, 0.1) is 6.42 Å². The van der Waals surface area contributed by atoms with E-state index in [1.807, 2.05) is 31.2 Å². The third kappa shape index (κ3) is 6.96. The zero-order chi connectivity index (χ0) is 14.3. The van der Waals surface area contributed by atoms with E-state index in [1.54, 1.807) is 0 Å². The molecule has 1 atom stereocenters. The zero-order valence-electron chi connectivity index (χ0n) is 10.9. The Hall–Kier alpha value is -1.36. The third-order valence-corrected chi connectivity index (χ3v) is 3.31. The first-order chi connectivity index (χ1) is 8.97. The van der Waals surface area contributed by atoms with Gasteiger partial charge in [0.2, 0.25) is 5.91 Å². The quantitative estimate of drug-likeness (QED) is 0.808. The van der Waals surface area contributed by atoms with E-state index in [2.05, 4.69) is 21.2 Å². The summed E-state index contributed by atoms with van der Waals surface area (Å²) in [6.07, 6.45) is 1.07. The van der Waals surface area contributed by atoms with E-state index in [0.29, 0.717) is 19.4 Å². The summed E-state index contributed by atoms with van der Waals surface area (Å²) in [6, 6.07) is 7.60. The van der Waals surface area contributed by atoms with Crippen LogP contribution in [0.1, 0.15) is 25.3 Å². The van der Waals surface area contributed by atoms with E-state index in [0.717, 1.165) is 10.0 Å². The number of rotatable bonds is 7. The van der Waals surface area contributed by atoms with Crippen LogP contribution in [0.2, 0.25) is 0 Å². The fraction of sp³-hybridized carbons (Fsp3) is 0.429. The number of carboxylic acid groups (broad SMARTS) is 1. The fourth-order valence-corrected chi connectivity index (χ4v) is 1.87. The number of amides is 1. The normalized spacial score (nSPS) is 11.9. The highest BCUT2D eigenvalue weighted by Crippen LogP contribution is 2.11. The second-order valence-corrected chi connectivity index (χ2v) is 5.56. The van der Waals surface area contributed by atoms with Crippen molar-refractivity contribution in [1.82, 2.24) is 5.32 Å². The highest BCUT2D eigenvalue weighted by atomic mass is 79.9. The first-order valence-electron chi connectivity index (χ1n) is 6.20. The second kappa shape index (κ2) is 7.94. The molecule has 0 aromatic heterocycles. The Balaban J connectivity index is 2.27. The van der Waals surface area contributed by atoms with Crippen LogP contribution in [-0.2, 0) is 16.0 Å². The van der Waals surface area contributed by atoms with Crippen LogP contribution in [0.15, 0.2) is 28.7 Å². The minimum absolute atomic E-state index is 0.0375. The topological polar surface area (TPSA) is 66.4 Å². The van der Waals surface area contributed by atoms with Crippen molar-refractivity contribution in [2.75, 3.05) is 6.54 Å². The van der Waals surface area contributed by atoms with Gasteiger partial charge in [-0.3, -0.25) is 9.59 Å². The maximum absolute atomic E-state index is 11.7. The molecule has 0 aliphatic rings. The van der Waals surface area contributed by atoms with Crippen molar-refractivity contribution in [3.05, 3.63) is 34.3 Å². The van der Waals surface area contributed by atoms with E-state index in [-0.39, 0.29) is 18.2 Å². The summed E-state index contributed by atoms with van der Waals surface area (Å²) in [5.74, 6) is -0.664. The lowest BCUT2D eigenvalue weighted by Gasteiger charge is -2.11. The van der Waals surface area contributed by atoms with Gasteiger partial charge < -0.3 is 10.4 Å². The Bertz CT molecular complexity index is 431. The first-order valence-corrected chi connectivity index (χ1v) is 6.99. The second-order valence-electron chi connectivity index (χ2n) is 4.64. The molecule has 0 saturated carbocycles. The number of halogens is 1. The van der Waals surface area contributed by atoms with Crippen LogP contribution in [0, 0.1) is 5.92 Å². The lowest BCUT2D eigenvalue weighted by Crippen LogP contribution is -2.29. The summed E-state index contributed by atoms with van der Waals surface area (Å²) in [5.41, 5.74) is 0.957. The van der Waals surface area contributed by atoms with E-state index >= 15 is 0 Å². The van der Waals surface area contributed by atoms with Crippen LogP contribution in [0.25, 0.3) is 0 Å². The molecule has 19 heavy (non-hydrogen) atoms. The van der Waals surface area contributed by atoms with Gasteiger partial charge in [-0.15, -0.1) is 0 Å². The van der Waals surface area contributed by atoms with Gasteiger partial charge in [0, 0.05) is 17.4 Å². The molecule has 0 heterocycles. The van der Waals surface area contributed by atoms with Gasteiger partial charge in [0.1, 0.15) is 0 Å². The minimum atomic E-state index is -0.798. The Kier molecular flexibility index (Phi) is 6.56. The smallest absolute Gasteiger partial charge is 0.303 e. The van der Waals surface area contributed by atoms with Gasteiger partial charge in [-0.05, 0) is 30.0 Å². The average Bonchev–Trinajstić information content (AvgIpc) is 2.36. The fourth-order valence-electron chi connectivity index (χ4n) is 1.61. The molecule has 1 rings (SSSR count). The summed E-state index contributed by atoms with van der Waals surface area (Å²) in [6.45, 7) is 2.45. The number of carbonyl (C=O) groups is 2. The van der Waals surface area contributed by atoms with Crippen molar-refractivity contribution >= 4 is 27.8 Å². The summed E-state index contributed by atoms with van der Waals surface area (Å²) < 4.78 is 0.985. The van der Waals surface area contributed by atoms with Crippen molar-refractivity contribution in [3.8, 4) is 0 Å². The Morgan fingerprint density at radius 3 is 2.53 bits per heavy atom. The van der Waals surface area contributed by atoms with Crippen LogP contribution >= 0.6 is 15.9 Å². The zero-order valence-corrected chi connectivity index (χ0v) is 12.4. The molecule has 0 radical (unpaired) electrons. The van der Waals surface area contributed by atoms with Gasteiger partial charge in [-0.2, -0.15) is 0 Å². The molecule has 0 fully saturated rings. The lowest BCUT2D eigenvalue weighted by molar-refractivity contribution is -0.137. The van der Waals surface area contributed by atoms with Crippen LogP contribution in [0.5, 0.6) is 0 Å². The largest absolute Gasteiger partial charge is 0.481 e. The van der Waals surface area contributed by atoms with Gasteiger partial charge in [-0.1, -0.05) is 35.0 Å². The van der Waals surface area contributed by atoms with E-state index in [9.17, 15) is 9.59 Å². The molecule has 0 aliphatic heterocycles.